The lowest BCUT2D eigenvalue weighted by Gasteiger charge is -2.29. The summed E-state index contributed by atoms with van der Waals surface area (Å²) in [5.74, 6) is 0.494. The van der Waals surface area contributed by atoms with Gasteiger partial charge in [0.25, 0.3) is 0 Å². The number of nitrogens with zero attached hydrogens (tertiary/aromatic N) is 3. The van der Waals surface area contributed by atoms with E-state index in [2.05, 4.69) is 37.1 Å². The van der Waals surface area contributed by atoms with E-state index in [0.29, 0.717) is 18.1 Å². The van der Waals surface area contributed by atoms with Gasteiger partial charge < -0.3 is 14.7 Å². The van der Waals surface area contributed by atoms with Crippen molar-refractivity contribution < 1.29 is 5.21 Å². The second-order valence-electron chi connectivity index (χ2n) is 7.51. The molecule has 0 saturated heterocycles. The maximum atomic E-state index is 11.7. The fourth-order valence-electron chi connectivity index (χ4n) is 3.61. The lowest BCUT2D eigenvalue weighted by molar-refractivity contribution is 0.304. The first-order valence-electron chi connectivity index (χ1n) is 9.64. The molecule has 0 radical (unpaired) electrons. The van der Waals surface area contributed by atoms with E-state index in [0.717, 1.165) is 35.5 Å². The summed E-state index contributed by atoms with van der Waals surface area (Å²) in [6, 6.07) is 11.1. The van der Waals surface area contributed by atoms with Crippen LogP contribution >= 0.6 is 11.6 Å². The highest BCUT2D eigenvalue weighted by atomic mass is 35.5. The predicted molar refractivity (Wildman–Crippen MR) is 116 cm³/mol. The summed E-state index contributed by atoms with van der Waals surface area (Å²) < 4.78 is 1.49. The van der Waals surface area contributed by atoms with Gasteiger partial charge in [0.05, 0.1) is 5.71 Å². The van der Waals surface area contributed by atoms with Crippen molar-refractivity contribution in [3.05, 3.63) is 69.1 Å². The van der Waals surface area contributed by atoms with Gasteiger partial charge in [-0.2, -0.15) is 0 Å². The molecule has 28 heavy (non-hydrogen) atoms. The summed E-state index contributed by atoms with van der Waals surface area (Å²) in [5, 5.41) is 14.1. The minimum Gasteiger partial charge on any atom is -0.411 e. The molecule has 0 saturated carbocycles. The molecule has 1 aromatic heterocycles. The number of aromatic nitrogens is 1. The van der Waals surface area contributed by atoms with Crippen molar-refractivity contribution in [3.63, 3.8) is 0 Å². The zero-order chi connectivity index (χ0) is 20.7. The van der Waals surface area contributed by atoms with Crippen LogP contribution in [0.2, 0.25) is 5.02 Å². The van der Waals surface area contributed by atoms with E-state index in [1.54, 1.807) is 19.3 Å². The smallest absolute Gasteiger partial charge is 0.250 e. The largest absolute Gasteiger partial charge is 0.411 e. The standard InChI is InChI=1S/C22H30ClN3O2/c1-5-16(12-13-25(2)3)19(18-8-6-7-9-20(18)23)14-21(24-28)17-10-11-22(27)26(4)15-17/h6-11,15-16,19,28H,5,12-14H2,1-4H3/b24-21+. The van der Waals surface area contributed by atoms with Gasteiger partial charge in [0.1, 0.15) is 0 Å². The van der Waals surface area contributed by atoms with Crippen LogP contribution in [0.4, 0.5) is 0 Å². The van der Waals surface area contributed by atoms with Crippen molar-refractivity contribution in [3.8, 4) is 0 Å². The number of aryl methyl sites for hydroxylation is 1. The summed E-state index contributed by atoms with van der Waals surface area (Å²) in [5.41, 5.74) is 2.27. The molecule has 6 heteroatoms. The summed E-state index contributed by atoms with van der Waals surface area (Å²) in [6.45, 7) is 3.16. The Kier molecular flexibility index (Phi) is 8.27. The number of benzene rings is 1. The topological polar surface area (TPSA) is 57.8 Å². The highest BCUT2D eigenvalue weighted by Crippen LogP contribution is 2.37. The second-order valence-corrected chi connectivity index (χ2v) is 7.91. The third-order valence-electron chi connectivity index (χ3n) is 5.30. The molecule has 2 atom stereocenters. The van der Waals surface area contributed by atoms with Crippen molar-refractivity contribution in [1.29, 1.82) is 0 Å². The van der Waals surface area contributed by atoms with E-state index >= 15 is 0 Å². The molecule has 2 unspecified atom stereocenters. The third-order valence-corrected chi connectivity index (χ3v) is 5.64. The molecule has 0 amide bonds. The Balaban J connectivity index is 2.41. The molecule has 2 aromatic rings. The van der Waals surface area contributed by atoms with Crippen LogP contribution in [0.1, 0.15) is 43.2 Å². The van der Waals surface area contributed by atoms with Gasteiger partial charge in [0.15, 0.2) is 0 Å². The van der Waals surface area contributed by atoms with E-state index in [9.17, 15) is 10.0 Å². The first kappa shape index (κ1) is 22.2. The Morgan fingerprint density at radius 1 is 1.25 bits per heavy atom. The van der Waals surface area contributed by atoms with Crippen LogP contribution in [0.15, 0.2) is 52.5 Å². The summed E-state index contributed by atoms with van der Waals surface area (Å²) in [6.07, 6.45) is 4.27. The molecular weight excluding hydrogens is 374 g/mol. The number of pyridine rings is 1. The van der Waals surface area contributed by atoms with E-state index in [1.165, 1.54) is 10.6 Å². The van der Waals surface area contributed by atoms with Gasteiger partial charge in [-0.1, -0.05) is 48.3 Å². The normalized spacial score (nSPS) is 14.3. The summed E-state index contributed by atoms with van der Waals surface area (Å²) >= 11 is 6.54. The Morgan fingerprint density at radius 3 is 2.54 bits per heavy atom. The van der Waals surface area contributed by atoms with Gasteiger partial charge in [-0.05, 0) is 56.6 Å². The zero-order valence-corrected chi connectivity index (χ0v) is 17.9. The highest BCUT2D eigenvalue weighted by molar-refractivity contribution is 6.31. The number of halogens is 1. The number of hydrogen-bond donors (Lipinski definition) is 1. The zero-order valence-electron chi connectivity index (χ0n) is 17.1. The monoisotopic (exact) mass is 403 g/mol. The fraction of sp³-hybridized carbons (Fsp3) is 0.455. The molecule has 1 N–H and O–H groups in total. The van der Waals surface area contributed by atoms with Crippen molar-refractivity contribution in [2.75, 3.05) is 20.6 Å². The Labute approximate surface area is 172 Å². The first-order valence-corrected chi connectivity index (χ1v) is 10.0. The average molecular weight is 404 g/mol. The SMILES string of the molecule is CCC(CCN(C)C)C(C/C(=N\O)c1ccc(=O)n(C)c1)c1ccccc1Cl. The van der Waals surface area contributed by atoms with E-state index in [1.807, 2.05) is 18.2 Å². The fourth-order valence-corrected chi connectivity index (χ4v) is 3.89. The van der Waals surface area contributed by atoms with Gasteiger partial charge in [-0.25, -0.2) is 0 Å². The van der Waals surface area contributed by atoms with E-state index in [-0.39, 0.29) is 11.5 Å². The van der Waals surface area contributed by atoms with Crippen LogP contribution in [0, 0.1) is 5.92 Å². The minimum absolute atomic E-state index is 0.0962. The van der Waals surface area contributed by atoms with Crippen molar-refractivity contribution in [1.82, 2.24) is 9.47 Å². The number of hydrogen-bond acceptors (Lipinski definition) is 4. The summed E-state index contributed by atoms with van der Waals surface area (Å²) in [7, 11) is 5.84. The Morgan fingerprint density at radius 2 is 1.96 bits per heavy atom. The van der Waals surface area contributed by atoms with E-state index in [4.69, 9.17) is 11.6 Å². The van der Waals surface area contributed by atoms with Crippen LogP contribution in [-0.2, 0) is 7.05 Å². The molecule has 2 rings (SSSR count). The first-order chi connectivity index (χ1) is 13.4. The van der Waals surface area contributed by atoms with Crippen LogP contribution in [0.3, 0.4) is 0 Å². The molecule has 0 aliphatic carbocycles. The minimum atomic E-state index is -0.0962. The maximum absolute atomic E-state index is 11.7. The molecule has 0 spiro atoms. The molecule has 5 nitrogen and oxygen atoms in total. The Bertz CT molecular complexity index is 861. The quantitative estimate of drug-likeness (QED) is 0.384. The van der Waals surface area contributed by atoms with Crippen molar-refractivity contribution >= 4 is 17.3 Å². The molecule has 1 heterocycles. The van der Waals surface area contributed by atoms with E-state index < -0.39 is 0 Å². The Hall–Kier alpha value is -2.11. The van der Waals surface area contributed by atoms with Crippen molar-refractivity contribution in [2.45, 2.75) is 32.1 Å². The number of rotatable bonds is 9. The summed E-state index contributed by atoms with van der Waals surface area (Å²) in [4.78, 5) is 13.9. The van der Waals surface area contributed by atoms with Gasteiger partial charge in [0.2, 0.25) is 5.56 Å². The van der Waals surface area contributed by atoms with Crippen LogP contribution in [-0.4, -0.2) is 41.0 Å². The molecular formula is C22H30ClN3O2. The molecule has 0 fully saturated rings. The van der Waals surface area contributed by atoms with Gasteiger partial charge in [-0.3, -0.25) is 4.79 Å². The number of oxime groups is 1. The van der Waals surface area contributed by atoms with Crippen LogP contribution in [0.5, 0.6) is 0 Å². The third kappa shape index (κ3) is 5.69. The molecule has 0 bridgehead atoms. The maximum Gasteiger partial charge on any atom is 0.250 e. The molecule has 0 aliphatic heterocycles. The van der Waals surface area contributed by atoms with Gasteiger partial charge >= 0.3 is 0 Å². The molecule has 0 aliphatic rings. The lowest BCUT2D eigenvalue weighted by atomic mass is 9.78. The second kappa shape index (κ2) is 10.4. The predicted octanol–water partition coefficient (Wildman–Crippen LogP) is 4.37. The molecule has 1 aromatic carbocycles. The van der Waals surface area contributed by atoms with Gasteiger partial charge in [-0.15, -0.1) is 0 Å². The van der Waals surface area contributed by atoms with Crippen molar-refractivity contribution in [2.24, 2.45) is 18.1 Å². The van der Waals surface area contributed by atoms with Crippen LogP contribution < -0.4 is 5.56 Å². The lowest BCUT2D eigenvalue weighted by Crippen LogP contribution is -2.23. The molecule has 152 valence electrons. The van der Waals surface area contributed by atoms with Gasteiger partial charge in [0, 0.05) is 36.3 Å². The average Bonchev–Trinajstić information content (AvgIpc) is 2.67. The highest BCUT2D eigenvalue weighted by Gasteiger charge is 2.26. The van der Waals surface area contributed by atoms with Crippen LogP contribution in [0.25, 0.3) is 0 Å².